The molecule has 6 heteroatoms. The number of carbonyl (C=O) groups is 2. The van der Waals surface area contributed by atoms with Crippen LogP contribution < -0.4 is 19.7 Å². The molecule has 0 aromatic heterocycles. The number of ketones is 1. The lowest BCUT2D eigenvalue weighted by Gasteiger charge is -2.34. The van der Waals surface area contributed by atoms with Crippen molar-refractivity contribution in [2.45, 2.75) is 31.7 Å². The summed E-state index contributed by atoms with van der Waals surface area (Å²) in [5.74, 6) is 1.46. The first-order chi connectivity index (χ1) is 17.0. The van der Waals surface area contributed by atoms with Gasteiger partial charge < -0.3 is 14.8 Å². The summed E-state index contributed by atoms with van der Waals surface area (Å²) in [5, 5.41) is 3.54. The highest BCUT2D eigenvalue weighted by Gasteiger charge is 2.40. The number of benzene rings is 3. The maximum atomic E-state index is 13.8. The molecule has 0 bridgehead atoms. The number of methoxy groups -OCH3 is 2. The number of para-hydroxylation sites is 2. The van der Waals surface area contributed by atoms with E-state index in [4.69, 9.17) is 9.47 Å². The zero-order valence-electron chi connectivity index (χ0n) is 20.1. The zero-order valence-corrected chi connectivity index (χ0v) is 20.1. The minimum Gasteiger partial charge on any atom is -0.497 e. The van der Waals surface area contributed by atoms with Gasteiger partial charge in [-0.2, -0.15) is 0 Å². The standard InChI is InChI=1S/C29H28N2O4/c1-18(32)31-26-7-5-4-6-24(26)30-25-16-21(19-8-12-22(34-2)13-9-19)17-27(33)28(25)29(31)20-10-14-23(35-3)15-11-20/h4-15,21,29-30H,16-17H2,1-3H3. The Labute approximate surface area is 205 Å². The molecule has 3 aromatic carbocycles. The molecular weight excluding hydrogens is 440 g/mol. The van der Waals surface area contributed by atoms with Gasteiger partial charge in [0.1, 0.15) is 11.5 Å². The van der Waals surface area contributed by atoms with Crippen LogP contribution in [0.15, 0.2) is 84.1 Å². The van der Waals surface area contributed by atoms with Gasteiger partial charge in [-0.15, -0.1) is 0 Å². The van der Waals surface area contributed by atoms with E-state index < -0.39 is 6.04 Å². The highest BCUT2D eigenvalue weighted by Crippen LogP contribution is 2.47. The predicted octanol–water partition coefficient (Wildman–Crippen LogP) is 5.62. The highest BCUT2D eigenvalue weighted by atomic mass is 16.5. The van der Waals surface area contributed by atoms with E-state index in [9.17, 15) is 9.59 Å². The van der Waals surface area contributed by atoms with E-state index in [0.29, 0.717) is 18.4 Å². The molecule has 0 spiro atoms. The highest BCUT2D eigenvalue weighted by molar-refractivity contribution is 6.06. The number of carbonyl (C=O) groups excluding carboxylic acids is 2. The van der Waals surface area contributed by atoms with Gasteiger partial charge in [-0.25, -0.2) is 0 Å². The van der Waals surface area contributed by atoms with Crippen molar-refractivity contribution >= 4 is 23.1 Å². The van der Waals surface area contributed by atoms with Crippen molar-refractivity contribution in [3.8, 4) is 11.5 Å². The number of amides is 1. The van der Waals surface area contributed by atoms with Gasteiger partial charge in [0.05, 0.1) is 31.6 Å². The van der Waals surface area contributed by atoms with Gasteiger partial charge >= 0.3 is 0 Å². The lowest BCUT2D eigenvalue weighted by atomic mass is 9.78. The second-order valence-electron chi connectivity index (χ2n) is 8.90. The van der Waals surface area contributed by atoms with E-state index in [1.54, 1.807) is 26.0 Å². The van der Waals surface area contributed by atoms with E-state index in [2.05, 4.69) is 5.32 Å². The Morgan fingerprint density at radius 2 is 1.46 bits per heavy atom. The van der Waals surface area contributed by atoms with Crippen LogP contribution in [0.5, 0.6) is 11.5 Å². The van der Waals surface area contributed by atoms with E-state index in [0.717, 1.165) is 39.7 Å². The molecule has 1 heterocycles. The van der Waals surface area contributed by atoms with Crippen LogP contribution in [0, 0.1) is 0 Å². The maximum Gasteiger partial charge on any atom is 0.224 e. The molecule has 1 amide bonds. The molecule has 6 nitrogen and oxygen atoms in total. The number of nitrogens with zero attached hydrogens (tertiary/aromatic N) is 1. The zero-order chi connectivity index (χ0) is 24.5. The molecule has 5 rings (SSSR count). The summed E-state index contributed by atoms with van der Waals surface area (Å²) in [6.45, 7) is 1.55. The fourth-order valence-corrected chi connectivity index (χ4v) is 5.15. The number of nitrogens with one attached hydrogen (secondary N) is 1. The van der Waals surface area contributed by atoms with Gasteiger partial charge in [0.2, 0.25) is 5.91 Å². The largest absolute Gasteiger partial charge is 0.497 e. The van der Waals surface area contributed by atoms with Crippen molar-refractivity contribution in [1.29, 1.82) is 0 Å². The fraction of sp³-hybridized carbons (Fsp3) is 0.241. The number of fused-ring (bicyclic) bond motifs is 1. The Morgan fingerprint density at radius 1 is 0.857 bits per heavy atom. The Bertz CT molecular complexity index is 1300. The van der Waals surface area contributed by atoms with E-state index >= 15 is 0 Å². The number of allylic oxidation sites excluding steroid dienone is 1. The molecule has 2 atom stereocenters. The molecule has 0 radical (unpaired) electrons. The van der Waals surface area contributed by atoms with Gasteiger partial charge in [-0.1, -0.05) is 36.4 Å². The molecule has 1 N–H and O–H groups in total. The average Bonchev–Trinajstić information content (AvgIpc) is 3.03. The van der Waals surface area contributed by atoms with Gasteiger partial charge in [-0.05, 0) is 59.9 Å². The summed E-state index contributed by atoms with van der Waals surface area (Å²) >= 11 is 0. The molecular formula is C29H28N2O4. The van der Waals surface area contributed by atoms with Crippen molar-refractivity contribution < 1.29 is 19.1 Å². The Morgan fingerprint density at radius 3 is 2.06 bits per heavy atom. The van der Waals surface area contributed by atoms with Crippen molar-refractivity contribution in [3.05, 3.63) is 95.2 Å². The molecule has 1 aliphatic heterocycles. The van der Waals surface area contributed by atoms with Crippen LogP contribution in [0.1, 0.15) is 42.9 Å². The number of rotatable bonds is 4. The number of hydrogen-bond donors (Lipinski definition) is 1. The smallest absolute Gasteiger partial charge is 0.224 e. The molecule has 1 aliphatic carbocycles. The lowest BCUT2D eigenvalue weighted by Crippen LogP contribution is -2.37. The Kier molecular flexibility index (Phi) is 6.03. The molecule has 0 saturated heterocycles. The summed E-state index contributed by atoms with van der Waals surface area (Å²) in [4.78, 5) is 28.6. The van der Waals surface area contributed by atoms with Crippen molar-refractivity contribution in [2.24, 2.45) is 0 Å². The van der Waals surface area contributed by atoms with E-state index in [1.807, 2.05) is 72.8 Å². The van der Waals surface area contributed by atoms with Crippen LogP contribution in [0.4, 0.5) is 11.4 Å². The minimum absolute atomic E-state index is 0.0345. The maximum absolute atomic E-state index is 13.8. The number of anilines is 2. The first kappa shape index (κ1) is 22.7. The molecule has 178 valence electrons. The number of hydrogen-bond acceptors (Lipinski definition) is 5. The van der Waals surface area contributed by atoms with Crippen molar-refractivity contribution in [2.75, 3.05) is 24.4 Å². The fourth-order valence-electron chi connectivity index (χ4n) is 5.15. The number of ether oxygens (including phenoxy) is 2. The van der Waals surface area contributed by atoms with Crippen LogP contribution in [0.3, 0.4) is 0 Å². The third-order valence-corrected chi connectivity index (χ3v) is 6.85. The first-order valence-electron chi connectivity index (χ1n) is 11.7. The van der Waals surface area contributed by atoms with Gasteiger partial charge in [-0.3, -0.25) is 14.5 Å². The minimum atomic E-state index is -0.533. The molecule has 0 fully saturated rings. The third kappa shape index (κ3) is 4.16. The normalized spacial score (nSPS) is 19.3. The SMILES string of the molecule is COc1ccc(C2CC(=O)C3=C(C2)Nc2ccccc2N(C(C)=O)C3c2ccc(OC)cc2)cc1. The molecule has 2 unspecified atom stereocenters. The summed E-state index contributed by atoms with van der Waals surface area (Å²) < 4.78 is 10.6. The molecule has 0 saturated carbocycles. The topological polar surface area (TPSA) is 67.9 Å². The van der Waals surface area contributed by atoms with Crippen LogP contribution in [0.2, 0.25) is 0 Å². The van der Waals surface area contributed by atoms with Gasteiger partial charge in [0.15, 0.2) is 5.78 Å². The van der Waals surface area contributed by atoms with E-state index in [1.165, 1.54) is 0 Å². The molecule has 35 heavy (non-hydrogen) atoms. The number of Topliss-reactive ketones (excluding diaryl/α,β-unsaturated/α-hetero) is 1. The van der Waals surface area contributed by atoms with Crippen molar-refractivity contribution in [1.82, 2.24) is 0 Å². The summed E-state index contributed by atoms with van der Waals surface area (Å²) in [6, 6.07) is 22.7. The van der Waals surface area contributed by atoms with Gasteiger partial charge in [0, 0.05) is 24.6 Å². The first-order valence-corrected chi connectivity index (χ1v) is 11.7. The predicted molar refractivity (Wildman–Crippen MR) is 136 cm³/mol. The van der Waals surface area contributed by atoms with Crippen LogP contribution >= 0.6 is 0 Å². The quantitative estimate of drug-likeness (QED) is 0.538. The van der Waals surface area contributed by atoms with Crippen LogP contribution in [-0.4, -0.2) is 25.9 Å². The molecule has 2 aliphatic rings. The molecule has 3 aromatic rings. The van der Waals surface area contributed by atoms with Gasteiger partial charge in [0.25, 0.3) is 0 Å². The van der Waals surface area contributed by atoms with Crippen LogP contribution in [0.25, 0.3) is 0 Å². The average molecular weight is 469 g/mol. The summed E-state index contributed by atoms with van der Waals surface area (Å²) in [7, 11) is 3.26. The van der Waals surface area contributed by atoms with Crippen molar-refractivity contribution in [3.63, 3.8) is 0 Å². The van der Waals surface area contributed by atoms with Crippen LogP contribution in [-0.2, 0) is 9.59 Å². The Hall–Kier alpha value is -4.06. The summed E-state index contributed by atoms with van der Waals surface area (Å²) in [5.41, 5.74) is 5.03. The summed E-state index contributed by atoms with van der Waals surface area (Å²) in [6.07, 6.45) is 1.04. The lowest BCUT2D eigenvalue weighted by molar-refractivity contribution is -0.117. The van der Waals surface area contributed by atoms with E-state index in [-0.39, 0.29) is 17.6 Å². The third-order valence-electron chi connectivity index (χ3n) is 6.85. The monoisotopic (exact) mass is 468 g/mol. The second-order valence-corrected chi connectivity index (χ2v) is 8.90. The second kappa shape index (κ2) is 9.29. The Balaban J connectivity index is 1.65.